The van der Waals surface area contributed by atoms with Gasteiger partial charge in [-0.2, -0.15) is 8.78 Å². The van der Waals surface area contributed by atoms with Crippen molar-refractivity contribution in [1.29, 1.82) is 0 Å². The predicted molar refractivity (Wildman–Crippen MR) is 83.2 cm³/mol. The van der Waals surface area contributed by atoms with E-state index in [9.17, 15) is 13.6 Å². The van der Waals surface area contributed by atoms with E-state index in [0.29, 0.717) is 5.56 Å². The van der Waals surface area contributed by atoms with Gasteiger partial charge in [-0.15, -0.1) is 0 Å². The third-order valence-electron chi connectivity index (χ3n) is 3.91. The summed E-state index contributed by atoms with van der Waals surface area (Å²) in [6.45, 7) is -0.906. The molecule has 124 valence electrons. The number of carbonyl (C=O) groups is 1. The molecule has 1 aromatic carbocycles. The lowest BCUT2D eigenvalue weighted by Gasteiger charge is -2.32. The summed E-state index contributed by atoms with van der Waals surface area (Å²) in [5, 5.41) is 9.04. The van der Waals surface area contributed by atoms with Crippen LogP contribution in [-0.4, -0.2) is 17.7 Å². The zero-order valence-electron chi connectivity index (χ0n) is 12.9. The van der Waals surface area contributed by atoms with Crippen LogP contribution < -0.4 is 0 Å². The van der Waals surface area contributed by atoms with E-state index in [1.807, 2.05) is 12.1 Å². The monoisotopic (exact) mass is 322 g/mol. The first-order valence-corrected chi connectivity index (χ1v) is 7.64. The number of halogens is 2. The van der Waals surface area contributed by atoms with Gasteiger partial charge in [0.2, 0.25) is 0 Å². The number of carboxylic acids is 1. The normalized spacial score (nSPS) is 23.4. The van der Waals surface area contributed by atoms with Crippen LogP contribution in [0.25, 0.3) is 0 Å². The fourth-order valence-electron chi connectivity index (χ4n) is 2.73. The second kappa shape index (κ2) is 7.51. The van der Waals surface area contributed by atoms with Crippen molar-refractivity contribution in [2.45, 2.75) is 38.4 Å². The van der Waals surface area contributed by atoms with Gasteiger partial charge in [0.05, 0.1) is 5.92 Å². The van der Waals surface area contributed by atoms with E-state index >= 15 is 0 Å². The van der Waals surface area contributed by atoms with Gasteiger partial charge in [0.25, 0.3) is 0 Å². The fraction of sp³-hybridized carbons (Fsp3) is 0.389. The Labute approximate surface area is 134 Å². The molecule has 0 bridgehead atoms. The molecule has 0 heterocycles. The molecule has 0 saturated carbocycles. The molecule has 0 amide bonds. The number of rotatable bonds is 7. The summed E-state index contributed by atoms with van der Waals surface area (Å²) in [7, 11) is 0. The molecule has 0 unspecified atom stereocenters. The number of alkyl halides is 2. The summed E-state index contributed by atoms with van der Waals surface area (Å²) < 4.78 is 30.9. The second-order valence-electron chi connectivity index (χ2n) is 5.51. The highest BCUT2D eigenvalue weighted by Crippen LogP contribution is 2.37. The van der Waals surface area contributed by atoms with Gasteiger partial charge in [0.1, 0.15) is 5.60 Å². The first-order chi connectivity index (χ1) is 11.0. The zero-order valence-corrected chi connectivity index (χ0v) is 12.9. The topological polar surface area (TPSA) is 46.5 Å². The van der Waals surface area contributed by atoms with Gasteiger partial charge >= 0.3 is 12.6 Å². The molecule has 0 aliphatic heterocycles. The number of aryl methyl sites for hydroxylation is 1. The van der Waals surface area contributed by atoms with E-state index in [1.54, 1.807) is 12.1 Å². The molecule has 0 aromatic heterocycles. The Hall–Kier alpha value is -2.01. The highest BCUT2D eigenvalue weighted by Gasteiger charge is 2.36. The van der Waals surface area contributed by atoms with Crippen LogP contribution in [0.2, 0.25) is 0 Å². The highest BCUT2D eigenvalue weighted by atomic mass is 19.3. The Morgan fingerprint density at radius 1 is 1.30 bits per heavy atom. The number of carboxylic acid groups (broad SMARTS) is 1. The van der Waals surface area contributed by atoms with Crippen molar-refractivity contribution in [1.82, 2.24) is 0 Å². The Morgan fingerprint density at radius 3 is 2.52 bits per heavy atom. The molecule has 0 saturated heterocycles. The average molecular weight is 322 g/mol. The van der Waals surface area contributed by atoms with Crippen LogP contribution >= 0.6 is 0 Å². The van der Waals surface area contributed by atoms with Gasteiger partial charge in [-0.25, -0.2) is 0 Å². The number of hydrogen-bond acceptors (Lipinski definition) is 2. The van der Waals surface area contributed by atoms with Crippen LogP contribution in [0, 0.1) is 5.92 Å². The van der Waals surface area contributed by atoms with Crippen molar-refractivity contribution in [3.05, 3.63) is 59.7 Å². The maximum atomic E-state index is 13.0. The van der Waals surface area contributed by atoms with Gasteiger partial charge < -0.3 is 9.84 Å². The molecule has 2 rings (SSSR count). The molecule has 3 nitrogen and oxygen atoms in total. The van der Waals surface area contributed by atoms with E-state index in [0.717, 1.165) is 24.8 Å². The Bertz CT molecular complexity index is 594. The van der Waals surface area contributed by atoms with Gasteiger partial charge in [0.15, 0.2) is 0 Å². The van der Waals surface area contributed by atoms with Crippen molar-refractivity contribution < 1.29 is 23.4 Å². The molecule has 0 atom stereocenters. The fourth-order valence-corrected chi connectivity index (χ4v) is 2.73. The van der Waals surface area contributed by atoms with Crippen LogP contribution in [0.4, 0.5) is 8.78 Å². The Kier molecular flexibility index (Phi) is 5.66. The van der Waals surface area contributed by atoms with Crippen LogP contribution in [-0.2, 0) is 21.6 Å². The molecule has 1 aliphatic rings. The largest absolute Gasteiger partial charge is 0.481 e. The standard InChI is InChI=1S/C18H20F2O3/c1-2-3-6-13-7-4-5-8-15(13)18(23-17(19)20)11-9-14(10-12-18)16(21)22/h4-5,7-12,14,17H,2-3,6H2,1H3,(H,21,22). The average Bonchev–Trinajstić information content (AvgIpc) is 2.53. The number of ether oxygens (including phenoxy) is 1. The summed E-state index contributed by atoms with van der Waals surface area (Å²) >= 11 is 0. The second-order valence-corrected chi connectivity index (χ2v) is 5.51. The smallest absolute Gasteiger partial charge is 0.346 e. The molecule has 0 spiro atoms. The van der Waals surface area contributed by atoms with Crippen LogP contribution in [0.15, 0.2) is 48.6 Å². The quantitative estimate of drug-likeness (QED) is 0.762. The van der Waals surface area contributed by atoms with E-state index in [-0.39, 0.29) is 0 Å². The third-order valence-corrected chi connectivity index (χ3v) is 3.91. The predicted octanol–water partition coefficient (Wildman–Crippen LogP) is 4.29. The van der Waals surface area contributed by atoms with Crippen molar-refractivity contribution in [2.75, 3.05) is 0 Å². The van der Waals surface area contributed by atoms with E-state index in [4.69, 9.17) is 9.84 Å². The van der Waals surface area contributed by atoms with Crippen molar-refractivity contribution in [3.63, 3.8) is 0 Å². The molecule has 0 radical (unpaired) electrons. The number of aliphatic carboxylic acids is 1. The van der Waals surface area contributed by atoms with Crippen molar-refractivity contribution in [2.24, 2.45) is 5.92 Å². The molecule has 1 aromatic rings. The van der Waals surface area contributed by atoms with E-state index < -0.39 is 24.1 Å². The molecular formula is C18H20F2O3. The number of hydrogen-bond donors (Lipinski definition) is 1. The van der Waals surface area contributed by atoms with Crippen LogP contribution in [0.5, 0.6) is 0 Å². The van der Waals surface area contributed by atoms with Gasteiger partial charge in [-0.1, -0.05) is 49.8 Å². The lowest BCUT2D eigenvalue weighted by molar-refractivity contribution is -0.180. The minimum Gasteiger partial charge on any atom is -0.481 e. The SMILES string of the molecule is CCCCc1ccccc1C1(OC(F)F)C=CC(C(=O)O)C=C1. The lowest BCUT2D eigenvalue weighted by atomic mass is 9.83. The molecule has 23 heavy (non-hydrogen) atoms. The Morgan fingerprint density at radius 2 is 1.96 bits per heavy atom. The lowest BCUT2D eigenvalue weighted by Crippen LogP contribution is -2.31. The van der Waals surface area contributed by atoms with Gasteiger partial charge in [-0.3, -0.25) is 4.79 Å². The van der Waals surface area contributed by atoms with E-state index in [1.165, 1.54) is 24.3 Å². The number of unbranched alkanes of at least 4 members (excludes halogenated alkanes) is 1. The Balaban J connectivity index is 2.43. The first kappa shape index (κ1) is 17.3. The van der Waals surface area contributed by atoms with Gasteiger partial charge in [-0.05, 0) is 36.1 Å². The molecule has 1 N–H and O–H groups in total. The third kappa shape index (κ3) is 4.05. The molecular weight excluding hydrogens is 302 g/mol. The summed E-state index contributed by atoms with van der Waals surface area (Å²) in [5.74, 6) is -1.85. The minimum atomic E-state index is -2.97. The van der Waals surface area contributed by atoms with E-state index in [2.05, 4.69) is 6.92 Å². The minimum absolute atomic E-state index is 0.630. The molecule has 1 aliphatic carbocycles. The highest BCUT2D eigenvalue weighted by molar-refractivity contribution is 5.75. The zero-order chi connectivity index (χ0) is 16.9. The first-order valence-electron chi connectivity index (χ1n) is 7.64. The summed E-state index contributed by atoms with van der Waals surface area (Å²) in [6.07, 6.45) is 8.30. The van der Waals surface area contributed by atoms with Crippen molar-refractivity contribution >= 4 is 5.97 Å². The summed E-state index contributed by atoms with van der Waals surface area (Å²) in [6, 6.07) is 7.28. The maximum Gasteiger partial charge on any atom is 0.346 e. The molecule has 0 fully saturated rings. The van der Waals surface area contributed by atoms with Gasteiger partial charge in [0, 0.05) is 0 Å². The molecule has 5 heteroatoms. The van der Waals surface area contributed by atoms with Crippen LogP contribution in [0.3, 0.4) is 0 Å². The summed E-state index contributed by atoms with van der Waals surface area (Å²) in [4.78, 5) is 11.0. The summed E-state index contributed by atoms with van der Waals surface area (Å²) in [5.41, 5.74) is 0.132. The van der Waals surface area contributed by atoms with Crippen molar-refractivity contribution in [3.8, 4) is 0 Å². The number of benzene rings is 1. The van der Waals surface area contributed by atoms with Crippen LogP contribution in [0.1, 0.15) is 30.9 Å². The maximum absolute atomic E-state index is 13.0.